The van der Waals surface area contributed by atoms with E-state index < -0.39 is 5.91 Å². The molecule has 5 nitrogen and oxygen atoms in total. The number of ketones is 1. The van der Waals surface area contributed by atoms with Crippen LogP contribution in [0.15, 0.2) is 30.4 Å². The van der Waals surface area contributed by atoms with Crippen molar-refractivity contribution >= 4 is 17.7 Å². The van der Waals surface area contributed by atoms with E-state index in [-0.39, 0.29) is 24.7 Å². The van der Waals surface area contributed by atoms with E-state index >= 15 is 0 Å². The van der Waals surface area contributed by atoms with Gasteiger partial charge in [0.1, 0.15) is 0 Å². The molecule has 1 aromatic rings. The molecule has 0 heterocycles. The molecule has 0 spiro atoms. The first-order valence-corrected chi connectivity index (χ1v) is 8.38. The maximum absolute atomic E-state index is 12.2. The highest BCUT2D eigenvalue weighted by Crippen LogP contribution is 2.22. The number of hydrogen-bond acceptors (Lipinski definition) is 4. The van der Waals surface area contributed by atoms with E-state index in [0.29, 0.717) is 12.2 Å². The lowest BCUT2D eigenvalue weighted by molar-refractivity contribution is -0.142. The van der Waals surface area contributed by atoms with Gasteiger partial charge in [-0.1, -0.05) is 12.1 Å². The van der Waals surface area contributed by atoms with E-state index in [1.54, 1.807) is 6.92 Å². The molecule has 0 fully saturated rings. The van der Waals surface area contributed by atoms with Crippen LogP contribution in [0.1, 0.15) is 47.7 Å². The summed E-state index contributed by atoms with van der Waals surface area (Å²) in [7, 11) is 0. The van der Waals surface area contributed by atoms with Crippen molar-refractivity contribution in [3.05, 3.63) is 47.0 Å². The summed E-state index contributed by atoms with van der Waals surface area (Å²) in [6.45, 7) is 2.24. The molecular weight excluding hydrogens is 306 g/mol. The zero-order valence-electron chi connectivity index (χ0n) is 14.0. The third-order valence-corrected chi connectivity index (χ3v) is 3.95. The number of rotatable bonds is 7. The summed E-state index contributed by atoms with van der Waals surface area (Å²) in [5.74, 6) is -0.943. The van der Waals surface area contributed by atoms with Crippen LogP contribution in [0.5, 0.6) is 0 Å². The molecule has 0 saturated carbocycles. The Morgan fingerprint density at radius 1 is 1.12 bits per heavy atom. The van der Waals surface area contributed by atoms with Crippen LogP contribution < -0.4 is 5.32 Å². The zero-order chi connectivity index (χ0) is 17.4. The summed E-state index contributed by atoms with van der Waals surface area (Å²) in [5.41, 5.74) is 3.16. The van der Waals surface area contributed by atoms with Gasteiger partial charge in [0, 0.05) is 18.2 Å². The van der Waals surface area contributed by atoms with Gasteiger partial charge in [0.25, 0.3) is 0 Å². The lowest BCUT2D eigenvalue weighted by Crippen LogP contribution is -2.24. The number of nitrogens with one attached hydrogen (secondary N) is 1. The topological polar surface area (TPSA) is 72.5 Å². The highest BCUT2D eigenvalue weighted by molar-refractivity contribution is 6.07. The van der Waals surface area contributed by atoms with Crippen molar-refractivity contribution in [2.75, 3.05) is 13.2 Å². The molecular formula is C19H23NO4. The Labute approximate surface area is 142 Å². The molecule has 0 unspecified atom stereocenters. The minimum Gasteiger partial charge on any atom is -0.466 e. The Kier molecular flexibility index (Phi) is 6.73. The predicted octanol–water partition coefficient (Wildman–Crippen LogP) is 2.37. The van der Waals surface area contributed by atoms with Crippen molar-refractivity contribution < 1.29 is 19.1 Å². The third kappa shape index (κ3) is 5.33. The molecule has 0 aromatic heterocycles. The second-order valence-electron chi connectivity index (χ2n) is 5.73. The minimum atomic E-state index is -0.398. The smallest absolute Gasteiger partial charge is 0.307 e. The molecule has 0 atom stereocenters. The van der Waals surface area contributed by atoms with Crippen LogP contribution in [-0.4, -0.2) is 30.8 Å². The van der Waals surface area contributed by atoms with Crippen LogP contribution in [0.3, 0.4) is 0 Å². The number of benzene rings is 1. The quantitative estimate of drug-likeness (QED) is 0.473. The van der Waals surface area contributed by atoms with Gasteiger partial charge < -0.3 is 10.1 Å². The van der Waals surface area contributed by atoms with Gasteiger partial charge in [-0.05, 0) is 55.9 Å². The molecule has 128 valence electrons. The standard InChI is InChI=1S/C19H23NO4/c1-2-24-19(23)11-12-20-18(22)10-9-17(21)16-8-7-14-5-3-4-6-15(14)13-16/h7-10,13H,2-6,11-12H2,1H3,(H,20,22). The monoisotopic (exact) mass is 329 g/mol. The van der Waals surface area contributed by atoms with Gasteiger partial charge in [0.2, 0.25) is 5.91 Å². The lowest BCUT2D eigenvalue weighted by Gasteiger charge is -2.15. The van der Waals surface area contributed by atoms with Crippen LogP contribution >= 0.6 is 0 Å². The summed E-state index contributed by atoms with van der Waals surface area (Å²) < 4.78 is 4.76. The highest BCUT2D eigenvalue weighted by atomic mass is 16.5. The van der Waals surface area contributed by atoms with E-state index in [1.165, 1.54) is 29.7 Å². The van der Waals surface area contributed by atoms with Crippen LogP contribution in [0.4, 0.5) is 0 Å². The van der Waals surface area contributed by atoms with Gasteiger partial charge in [-0.25, -0.2) is 0 Å². The predicted molar refractivity (Wildman–Crippen MR) is 90.8 cm³/mol. The molecule has 0 saturated heterocycles. The SMILES string of the molecule is CCOC(=O)CCNC(=O)C=CC(=O)c1ccc2c(c1)CCCC2. The van der Waals surface area contributed by atoms with E-state index in [2.05, 4.69) is 5.32 Å². The number of allylic oxidation sites excluding steroid dienone is 1. The number of carbonyl (C=O) groups is 3. The lowest BCUT2D eigenvalue weighted by atomic mass is 9.90. The zero-order valence-corrected chi connectivity index (χ0v) is 14.0. The number of hydrogen-bond donors (Lipinski definition) is 1. The number of carbonyl (C=O) groups excluding carboxylic acids is 3. The van der Waals surface area contributed by atoms with Gasteiger partial charge in [-0.3, -0.25) is 14.4 Å². The van der Waals surface area contributed by atoms with Crippen LogP contribution in [0, 0.1) is 0 Å². The van der Waals surface area contributed by atoms with Crippen molar-refractivity contribution in [2.45, 2.75) is 39.0 Å². The van der Waals surface area contributed by atoms with Gasteiger partial charge >= 0.3 is 5.97 Å². The second kappa shape index (κ2) is 9.01. The molecule has 1 amide bonds. The fourth-order valence-electron chi connectivity index (χ4n) is 2.71. The van der Waals surface area contributed by atoms with Crippen molar-refractivity contribution in [3.63, 3.8) is 0 Å². The second-order valence-corrected chi connectivity index (χ2v) is 5.73. The Balaban J connectivity index is 1.83. The van der Waals surface area contributed by atoms with E-state index in [9.17, 15) is 14.4 Å². The molecule has 0 aliphatic heterocycles. The maximum Gasteiger partial charge on any atom is 0.307 e. The average Bonchev–Trinajstić information content (AvgIpc) is 2.59. The van der Waals surface area contributed by atoms with Gasteiger partial charge in [-0.2, -0.15) is 0 Å². The fourth-order valence-corrected chi connectivity index (χ4v) is 2.71. The fraction of sp³-hybridized carbons (Fsp3) is 0.421. The molecule has 2 rings (SSSR count). The number of ether oxygens (including phenoxy) is 1. The normalized spacial score (nSPS) is 13.4. The first-order chi connectivity index (χ1) is 11.6. The van der Waals surface area contributed by atoms with Crippen molar-refractivity contribution in [2.24, 2.45) is 0 Å². The summed E-state index contributed by atoms with van der Waals surface area (Å²) >= 11 is 0. The maximum atomic E-state index is 12.2. The first-order valence-electron chi connectivity index (χ1n) is 8.38. The Morgan fingerprint density at radius 3 is 2.62 bits per heavy atom. The van der Waals surface area contributed by atoms with Gasteiger partial charge in [0.05, 0.1) is 13.0 Å². The van der Waals surface area contributed by atoms with Crippen LogP contribution in [0.25, 0.3) is 0 Å². The Morgan fingerprint density at radius 2 is 1.88 bits per heavy atom. The molecule has 1 N–H and O–H groups in total. The molecule has 1 aromatic carbocycles. The molecule has 1 aliphatic carbocycles. The summed E-state index contributed by atoms with van der Waals surface area (Å²) in [4.78, 5) is 35.0. The van der Waals surface area contributed by atoms with Crippen LogP contribution in [0.2, 0.25) is 0 Å². The largest absolute Gasteiger partial charge is 0.466 e. The summed E-state index contributed by atoms with van der Waals surface area (Å²) in [6.07, 6.45) is 7.02. The highest BCUT2D eigenvalue weighted by Gasteiger charge is 2.11. The van der Waals surface area contributed by atoms with Crippen molar-refractivity contribution in [1.29, 1.82) is 0 Å². The molecule has 1 aliphatic rings. The van der Waals surface area contributed by atoms with Gasteiger partial charge in [-0.15, -0.1) is 0 Å². The summed E-state index contributed by atoms with van der Waals surface area (Å²) in [6, 6.07) is 5.75. The molecule has 0 radical (unpaired) electrons. The average molecular weight is 329 g/mol. The van der Waals surface area contributed by atoms with Gasteiger partial charge in [0.15, 0.2) is 5.78 Å². The molecule has 24 heavy (non-hydrogen) atoms. The van der Waals surface area contributed by atoms with E-state index in [1.807, 2.05) is 18.2 Å². The minimum absolute atomic E-state index is 0.117. The molecule has 5 heteroatoms. The van der Waals surface area contributed by atoms with E-state index in [0.717, 1.165) is 19.3 Å². The van der Waals surface area contributed by atoms with Crippen molar-refractivity contribution in [3.8, 4) is 0 Å². The number of amides is 1. The first kappa shape index (κ1) is 17.9. The summed E-state index contributed by atoms with van der Waals surface area (Å²) in [5, 5.41) is 2.55. The number of aryl methyl sites for hydroxylation is 2. The Hall–Kier alpha value is -2.43. The number of fused-ring (bicyclic) bond motifs is 1. The van der Waals surface area contributed by atoms with Crippen molar-refractivity contribution in [1.82, 2.24) is 5.32 Å². The number of esters is 1. The third-order valence-electron chi connectivity index (χ3n) is 3.95. The Bertz CT molecular complexity index is 649. The van der Waals surface area contributed by atoms with E-state index in [4.69, 9.17) is 4.74 Å². The van der Waals surface area contributed by atoms with Crippen LogP contribution in [-0.2, 0) is 27.2 Å². The molecule has 0 bridgehead atoms.